The molecular formula is C21H16BrNO2S. The largest absolute Gasteiger partial charge is 0.480 e. The Morgan fingerprint density at radius 1 is 1.04 bits per heavy atom. The molecule has 0 amide bonds. The summed E-state index contributed by atoms with van der Waals surface area (Å²) in [5, 5.41) is 13.1. The monoisotopic (exact) mass is 425 g/mol. The predicted octanol–water partition coefficient (Wildman–Crippen LogP) is 6.11. The summed E-state index contributed by atoms with van der Waals surface area (Å²) in [4.78, 5) is 11.4. The molecule has 0 saturated heterocycles. The van der Waals surface area contributed by atoms with Gasteiger partial charge in [0.15, 0.2) is 0 Å². The minimum Gasteiger partial charge on any atom is -0.480 e. The number of carboxylic acids is 1. The van der Waals surface area contributed by atoms with Crippen molar-refractivity contribution in [3.05, 3.63) is 71.2 Å². The minimum absolute atomic E-state index is 0.528. The van der Waals surface area contributed by atoms with Gasteiger partial charge in [0.25, 0.3) is 0 Å². The van der Waals surface area contributed by atoms with Gasteiger partial charge in [0.2, 0.25) is 0 Å². The highest BCUT2D eigenvalue weighted by atomic mass is 79.9. The summed E-state index contributed by atoms with van der Waals surface area (Å²) >= 11 is 4.99. The van der Waals surface area contributed by atoms with E-state index < -0.39 is 11.2 Å². The van der Waals surface area contributed by atoms with Gasteiger partial charge in [-0.05, 0) is 36.6 Å². The number of benzene rings is 3. The normalized spacial score (nSPS) is 12.5. The number of fused-ring (bicyclic) bond motifs is 2. The summed E-state index contributed by atoms with van der Waals surface area (Å²) in [6.07, 6.45) is 0. The molecule has 26 heavy (non-hydrogen) atoms. The maximum absolute atomic E-state index is 11.4. The maximum Gasteiger partial charge on any atom is 0.316 e. The second kappa shape index (κ2) is 6.82. The first-order valence-electron chi connectivity index (χ1n) is 8.24. The first kappa shape index (κ1) is 17.2. The van der Waals surface area contributed by atoms with Crippen LogP contribution in [-0.4, -0.2) is 20.9 Å². The molecule has 5 heteroatoms. The lowest BCUT2D eigenvalue weighted by Crippen LogP contribution is -2.12. The van der Waals surface area contributed by atoms with Gasteiger partial charge < -0.3 is 9.67 Å². The highest BCUT2D eigenvalue weighted by Gasteiger charge is 2.19. The summed E-state index contributed by atoms with van der Waals surface area (Å²) in [7, 11) is 0. The van der Waals surface area contributed by atoms with Crippen LogP contribution < -0.4 is 0 Å². The molecule has 0 bridgehead atoms. The zero-order valence-corrected chi connectivity index (χ0v) is 16.4. The van der Waals surface area contributed by atoms with Crippen LogP contribution in [0.3, 0.4) is 0 Å². The molecule has 0 aliphatic rings. The van der Waals surface area contributed by atoms with Crippen LogP contribution in [0.2, 0.25) is 0 Å². The van der Waals surface area contributed by atoms with Crippen LogP contribution in [0.1, 0.15) is 6.92 Å². The van der Waals surface area contributed by atoms with E-state index in [1.165, 1.54) is 11.8 Å². The number of hydrogen-bond donors (Lipinski definition) is 1. The molecule has 1 atom stereocenters. The average molecular weight is 426 g/mol. The molecule has 0 spiro atoms. The fraction of sp³-hybridized carbons (Fsp3) is 0.0952. The summed E-state index contributed by atoms with van der Waals surface area (Å²) in [5.74, 6) is -0.813. The average Bonchev–Trinajstić information content (AvgIpc) is 3.00. The van der Waals surface area contributed by atoms with Crippen LogP contribution in [0.15, 0.2) is 76.2 Å². The number of para-hydroxylation sites is 1. The molecule has 0 saturated carbocycles. The standard InChI is InChI=1S/C21H16BrNO2S/c1-13(21(24)25)26-20-12-14-6-2-5-9-18(14)23(20)19-11-10-17(22)15-7-3-4-8-16(15)19/h2-13H,1H3,(H,24,25). The maximum atomic E-state index is 11.4. The fourth-order valence-electron chi connectivity index (χ4n) is 3.14. The van der Waals surface area contributed by atoms with Gasteiger partial charge in [-0.25, -0.2) is 0 Å². The van der Waals surface area contributed by atoms with E-state index in [0.717, 1.165) is 36.9 Å². The Bertz CT molecular complexity index is 1140. The smallest absolute Gasteiger partial charge is 0.316 e. The van der Waals surface area contributed by atoms with Crippen molar-refractivity contribution in [3.8, 4) is 5.69 Å². The van der Waals surface area contributed by atoms with Gasteiger partial charge >= 0.3 is 5.97 Å². The number of halogens is 1. The molecule has 1 heterocycles. The number of aromatic nitrogens is 1. The van der Waals surface area contributed by atoms with E-state index in [1.807, 2.05) is 30.3 Å². The molecule has 3 nitrogen and oxygen atoms in total. The van der Waals surface area contributed by atoms with E-state index in [1.54, 1.807) is 6.92 Å². The molecule has 0 radical (unpaired) electrons. The van der Waals surface area contributed by atoms with Crippen LogP contribution >= 0.6 is 27.7 Å². The molecule has 3 aromatic carbocycles. The second-order valence-corrected chi connectivity index (χ2v) is 8.30. The number of thioether (sulfide) groups is 1. The molecule has 0 fully saturated rings. The van der Waals surface area contributed by atoms with Crippen LogP contribution in [0.25, 0.3) is 27.4 Å². The van der Waals surface area contributed by atoms with Gasteiger partial charge in [0.1, 0.15) is 5.25 Å². The number of hydrogen-bond acceptors (Lipinski definition) is 2. The summed E-state index contributed by atoms with van der Waals surface area (Å²) in [5.41, 5.74) is 2.12. The third-order valence-electron chi connectivity index (χ3n) is 4.41. The van der Waals surface area contributed by atoms with Crippen molar-refractivity contribution in [1.29, 1.82) is 0 Å². The summed E-state index contributed by atoms with van der Waals surface area (Å²) in [6, 6.07) is 22.6. The molecule has 1 N–H and O–H groups in total. The van der Waals surface area contributed by atoms with Crippen molar-refractivity contribution in [2.75, 3.05) is 0 Å². The van der Waals surface area contributed by atoms with E-state index in [-0.39, 0.29) is 0 Å². The molecule has 4 aromatic rings. The highest BCUT2D eigenvalue weighted by molar-refractivity contribution is 9.10. The van der Waals surface area contributed by atoms with Crippen molar-refractivity contribution in [1.82, 2.24) is 4.57 Å². The van der Waals surface area contributed by atoms with Crippen LogP contribution in [0.4, 0.5) is 0 Å². The predicted molar refractivity (Wildman–Crippen MR) is 111 cm³/mol. The SMILES string of the molecule is CC(Sc1cc2ccccc2n1-c1ccc(Br)c2ccccc12)C(=O)O. The molecule has 1 aromatic heterocycles. The summed E-state index contributed by atoms with van der Waals surface area (Å²) < 4.78 is 3.20. The van der Waals surface area contributed by atoms with E-state index in [2.05, 4.69) is 56.9 Å². The van der Waals surface area contributed by atoms with Gasteiger partial charge in [-0.2, -0.15) is 0 Å². The highest BCUT2D eigenvalue weighted by Crippen LogP contribution is 2.37. The van der Waals surface area contributed by atoms with Crippen molar-refractivity contribution < 1.29 is 9.90 Å². The second-order valence-electron chi connectivity index (χ2n) is 6.09. The quantitative estimate of drug-likeness (QED) is 0.401. The van der Waals surface area contributed by atoms with E-state index in [0.29, 0.717) is 0 Å². The fourth-order valence-corrected chi connectivity index (χ4v) is 4.58. The topological polar surface area (TPSA) is 42.2 Å². The van der Waals surface area contributed by atoms with Gasteiger partial charge in [0.05, 0.1) is 16.2 Å². The van der Waals surface area contributed by atoms with Crippen molar-refractivity contribution in [2.24, 2.45) is 0 Å². The zero-order valence-electron chi connectivity index (χ0n) is 14.0. The third kappa shape index (κ3) is 2.91. The number of carboxylic acid groups (broad SMARTS) is 1. The minimum atomic E-state index is -0.813. The first-order valence-corrected chi connectivity index (χ1v) is 9.91. The lowest BCUT2D eigenvalue weighted by atomic mass is 10.1. The van der Waals surface area contributed by atoms with E-state index in [4.69, 9.17) is 0 Å². The Kier molecular flexibility index (Phi) is 4.51. The number of rotatable bonds is 4. The Morgan fingerprint density at radius 2 is 1.73 bits per heavy atom. The van der Waals surface area contributed by atoms with Gasteiger partial charge in [0, 0.05) is 15.2 Å². The molecule has 4 rings (SSSR count). The van der Waals surface area contributed by atoms with Gasteiger partial charge in [-0.3, -0.25) is 4.79 Å². The lowest BCUT2D eigenvalue weighted by molar-refractivity contribution is -0.136. The molecular weight excluding hydrogens is 410 g/mol. The van der Waals surface area contributed by atoms with Crippen LogP contribution in [0, 0.1) is 0 Å². The van der Waals surface area contributed by atoms with Crippen molar-refractivity contribution >= 4 is 55.3 Å². The molecule has 130 valence electrons. The first-order chi connectivity index (χ1) is 12.6. The number of aliphatic carboxylic acids is 1. The van der Waals surface area contributed by atoms with E-state index in [9.17, 15) is 9.90 Å². The van der Waals surface area contributed by atoms with Gasteiger partial charge in [-0.15, -0.1) is 0 Å². The van der Waals surface area contributed by atoms with Crippen LogP contribution in [-0.2, 0) is 4.79 Å². The van der Waals surface area contributed by atoms with E-state index >= 15 is 0 Å². The number of carbonyl (C=O) groups is 1. The van der Waals surface area contributed by atoms with Crippen molar-refractivity contribution in [3.63, 3.8) is 0 Å². The molecule has 0 aliphatic heterocycles. The Morgan fingerprint density at radius 3 is 2.50 bits per heavy atom. The molecule has 1 unspecified atom stereocenters. The Labute approximate surface area is 163 Å². The van der Waals surface area contributed by atoms with Gasteiger partial charge in [-0.1, -0.05) is 70.2 Å². The van der Waals surface area contributed by atoms with Crippen LogP contribution in [0.5, 0.6) is 0 Å². The lowest BCUT2D eigenvalue weighted by Gasteiger charge is -2.15. The Balaban J connectivity index is 2.02. The summed E-state index contributed by atoms with van der Waals surface area (Å²) in [6.45, 7) is 1.72. The Hall–Kier alpha value is -2.24. The number of nitrogens with zero attached hydrogens (tertiary/aromatic N) is 1. The third-order valence-corrected chi connectivity index (χ3v) is 6.20. The van der Waals surface area contributed by atoms with Crippen molar-refractivity contribution in [2.45, 2.75) is 17.2 Å². The molecule has 0 aliphatic carbocycles. The zero-order chi connectivity index (χ0) is 18.3.